The van der Waals surface area contributed by atoms with Gasteiger partial charge in [-0.1, -0.05) is 54.6 Å². The van der Waals surface area contributed by atoms with Gasteiger partial charge in [0.2, 0.25) is 6.79 Å². The molecule has 1 aliphatic carbocycles. The summed E-state index contributed by atoms with van der Waals surface area (Å²) in [4.78, 5) is 32.4. The number of ether oxygens (including phenoxy) is 8. The van der Waals surface area contributed by atoms with E-state index < -0.39 is 41.8 Å². The lowest BCUT2D eigenvalue weighted by Gasteiger charge is -2.59. The number of aryl methyl sites for hydroxylation is 1. The van der Waals surface area contributed by atoms with Crippen molar-refractivity contribution in [3.63, 3.8) is 0 Å². The second kappa shape index (κ2) is 19.4. The molecule has 0 spiro atoms. The number of carbonyl (C=O) groups excluding carboxylic acids is 2. The molecule has 4 aromatic carbocycles. The second-order valence-electron chi connectivity index (χ2n) is 19.0. The molecule has 9 rings (SSSR count). The van der Waals surface area contributed by atoms with Gasteiger partial charge in [-0.25, -0.2) is 9.59 Å². The van der Waals surface area contributed by atoms with Gasteiger partial charge in [0.05, 0.1) is 38.5 Å². The molecule has 16 heteroatoms. The quantitative estimate of drug-likeness (QED) is 0.0682. The van der Waals surface area contributed by atoms with E-state index in [2.05, 4.69) is 51.5 Å². The van der Waals surface area contributed by atoms with Gasteiger partial charge in [-0.3, -0.25) is 9.80 Å². The molecule has 1 fully saturated rings. The van der Waals surface area contributed by atoms with Crippen molar-refractivity contribution in [3.05, 3.63) is 99.1 Å². The molecule has 5 aliphatic rings. The summed E-state index contributed by atoms with van der Waals surface area (Å²) in [5, 5.41) is 26.1. The van der Waals surface area contributed by atoms with Crippen LogP contribution in [-0.4, -0.2) is 123 Å². The number of hydrogen-bond donors (Lipinski definition) is 2. The number of esters is 1. The summed E-state index contributed by atoms with van der Waals surface area (Å²) >= 11 is 1.55. The predicted molar refractivity (Wildman–Crippen MR) is 255 cm³/mol. The Morgan fingerprint density at radius 2 is 1.68 bits per heavy atom. The van der Waals surface area contributed by atoms with Crippen LogP contribution in [0.1, 0.15) is 83.3 Å². The number of rotatable bonds is 15. The number of hydrogen-bond acceptors (Lipinski definition) is 15. The molecule has 2 unspecified atom stereocenters. The van der Waals surface area contributed by atoms with Gasteiger partial charge in [-0.05, 0) is 87.9 Å². The zero-order valence-corrected chi connectivity index (χ0v) is 40.7. The number of phenols is 1. The van der Waals surface area contributed by atoms with Crippen molar-refractivity contribution in [2.75, 3.05) is 66.2 Å². The minimum absolute atomic E-state index is 0.0480. The molecule has 2 N–H and O–H groups in total. The Balaban J connectivity index is 1.06. The van der Waals surface area contributed by atoms with Crippen molar-refractivity contribution >= 4 is 23.8 Å². The lowest BCUT2D eigenvalue weighted by Crippen LogP contribution is -2.68. The highest BCUT2D eigenvalue weighted by Gasteiger charge is 2.57. The molecule has 1 amide bonds. The minimum atomic E-state index is -1.09. The van der Waals surface area contributed by atoms with Gasteiger partial charge in [-0.15, -0.1) is 0 Å². The Kier molecular flexibility index (Phi) is 13.5. The van der Waals surface area contributed by atoms with Crippen LogP contribution >= 0.6 is 11.8 Å². The van der Waals surface area contributed by atoms with E-state index in [9.17, 15) is 20.0 Å². The Morgan fingerprint density at radius 3 is 2.35 bits per heavy atom. The van der Waals surface area contributed by atoms with E-state index in [1.54, 1.807) is 53.7 Å². The predicted octanol–water partition coefficient (Wildman–Crippen LogP) is 7.50. The van der Waals surface area contributed by atoms with Crippen LogP contribution in [0.15, 0.2) is 54.6 Å². The van der Waals surface area contributed by atoms with E-state index >= 15 is 0 Å². The third-order valence-corrected chi connectivity index (χ3v) is 15.0. The Hall–Kier alpha value is -5.70. The average Bonchev–Trinajstić information content (AvgIpc) is 3.93. The molecule has 0 saturated carbocycles. The molecule has 0 aromatic heterocycles. The fraction of sp³-hybridized carbons (Fsp3) is 0.481. The number of alkyl carbamates (subject to hydrolysis) is 1. The van der Waals surface area contributed by atoms with Gasteiger partial charge >= 0.3 is 12.1 Å². The summed E-state index contributed by atoms with van der Waals surface area (Å²) < 4.78 is 47.6. The van der Waals surface area contributed by atoms with Gasteiger partial charge in [0.1, 0.15) is 30.0 Å². The van der Waals surface area contributed by atoms with Crippen LogP contribution in [0.3, 0.4) is 0 Å². The van der Waals surface area contributed by atoms with E-state index in [1.165, 1.54) is 22.3 Å². The lowest BCUT2D eigenvalue weighted by molar-refractivity contribution is -0.151. The van der Waals surface area contributed by atoms with E-state index in [0.717, 1.165) is 16.7 Å². The maximum Gasteiger partial charge on any atom is 0.408 e. The number of amides is 1. The number of carbonyl (C=O) groups is 2. The topological polar surface area (TPSA) is 171 Å². The highest BCUT2D eigenvalue weighted by Crippen LogP contribution is 2.58. The number of nitrogens with zero attached hydrogens (tertiary/aromatic N) is 3. The minimum Gasteiger partial charge on any atom is -0.507 e. The van der Waals surface area contributed by atoms with E-state index in [1.807, 2.05) is 38.2 Å². The molecule has 4 aliphatic heterocycles. The highest BCUT2D eigenvalue weighted by atomic mass is 32.2. The number of likely N-dealkylation sites (N-methyl/N-ethyl adjacent to an activating group) is 1. The molecule has 15 nitrogen and oxygen atoms in total. The number of phenolic OH excluding ortho intramolecular Hbond substituents is 1. The SMILES string of the molecule is COCCOCOc1c(OC)c(C)cc2c1[C@@H]1C3Cc4c(O)c(C)c5c(c4[C@H](COC(=O)[C@@H](CSCC4c6ccccc6-c6ccccc64)NC(=O)OC(C)(C)C)N3C(C#N)[C@H](C2)N1C)OCO5. The first-order valence-corrected chi connectivity index (χ1v) is 24.3. The molecular formula is C52H60N4O11S. The third-order valence-electron chi connectivity index (χ3n) is 13.9. The monoisotopic (exact) mass is 948 g/mol. The van der Waals surface area contributed by atoms with Gasteiger partial charge in [0.15, 0.2) is 29.8 Å². The Labute approximate surface area is 401 Å². The number of fused-ring (bicyclic) bond motifs is 12. The smallest absolute Gasteiger partial charge is 0.408 e. The number of thioether (sulfide) groups is 1. The van der Waals surface area contributed by atoms with Crippen molar-refractivity contribution in [1.29, 1.82) is 5.26 Å². The fourth-order valence-corrected chi connectivity index (χ4v) is 12.2. The van der Waals surface area contributed by atoms with Crippen molar-refractivity contribution < 1.29 is 52.6 Å². The number of methoxy groups -OCH3 is 2. The maximum absolute atomic E-state index is 14.7. The number of nitrogens with one attached hydrogen (secondary N) is 1. The van der Waals surface area contributed by atoms with Gasteiger partial charge < -0.3 is 48.3 Å². The summed E-state index contributed by atoms with van der Waals surface area (Å²) in [6, 6.07) is 17.8. The molecule has 68 heavy (non-hydrogen) atoms. The number of benzene rings is 4. The normalized spacial score (nSPS) is 21.6. The first kappa shape index (κ1) is 47.4. The Morgan fingerprint density at radius 1 is 0.971 bits per heavy atom. The van der Waals surface area contributed by atoms with E-state index in [4.69, 9.17) is 37.9 Å². The summed E-state index contributed by atoms with van der Waals surface area (Å²) in [7, 11) is 5.24. The van der Waals surface area contributed by atoms with Gasteiger partial charge in [0.25, 0.3) is 0 Å². The standard InChI is InChI=1S/C52H60N4O11S/c1-28-19-30-20-38-40(22-53)56-39(44(55(38)6)42(30)48(46(28)61-8)64-26-62-18-17-60-7)21-35-43(49-47(65-27-66-49)29(2)45(35)57)41(56)23-63-50(58)37(54-51(59)67-52(3,4)5)25-68-24-36-33-15-11-9-13-31(33)32-14-10-12-16-34(32)36/h9-16,19,36-41,44,57H,17-18,20-21,23-27H2,1-8H3,(H,54,59)/t37-,38+,39?,40?,41+,44+/m1/s1. The largest absolute Gasteiger partial charge is 0.507 e. The van der Waals surface area contributed by atoms with Crippen molar-refractivity contribution in [2.24, 2.45) is 0 Å². The van der Waals surface area contributed by atoms with Crippen LogP contribution in [0.2, 0.25) is 0 Å². The molecule has 360 valence electrons. The molecule has 4 heterocycles. The molecule has 4 aromatic rings. The van der Waals surface area contributed by atoms with Crippen molar-refractivity contribution in [1.82, 2.24) is 15.1 Å². The van der Waals surface area contributed by atoms with Crippen molar-refractivity contribution in [2.45, 2.75) is 95.2 Å². The molecule has 0 radical (unpaired) electrons. The fourth-order valence-electron chi connectivity index (χ4n) is 11.0. The number of nitriles is 1. The average molecular weight is 949 g/mol. The zero-order valence-electron chi connectivity index (χ0n) is 39.9. The van der Waals surface area contributed by atoms with Crippen LogP contribution in [0.4, 0.5) is 4.79 Å². The summed E-state index contributed by atoms with van der Waals surface area (Å²) in [6.45, 7) is 9.45. The maximum atomic E-state index is 14.7. The highest BCUT2D eigenvalue weighted by molar-refractivity contribution is 7.99. The van der Waals surface area contributed by atoms with Crippen LogP contribution in [0, 0.1) is 25.2 Å². The van der Waals surface area contributed by atoms with Crippen LogP contribution in [0.25, 0.3) is 11.1 Å². The second-order valence-corrected chi connectivity index (χ2v) is 20.1. The molecule has 6 atom stereocenters. The van der Waals surface area contributed by atoms with Crippen LogP contribution in [-0.2, 0) is 36.6 Å². The van der Waals surface area contributed by atoms with E-state index in [-0.39, 0.29) is 49.7 Å². The molecular weight excluding hydrogens is 889 g/mol. The van der Waals surface area contributed by atoms with Crippen LogP contribution < -0.4 is 24.3 Å². The van der Waals surface area contributed by atoms with Crippen LogP contribution in [0.5, 0.6) is 28.7 Å². The lowest BCUT2D eigenvalue weighted by atomic mass is 9.71. The third kappa shape index (κ3) is 8.57. The molecule has 1 saturated heterocycles. The summed E-state index contributed by atoms with van der Waals surface area (Å²) in [5.74, 6) is 2.30. The van der Waals surface area contributed by atoms with Crippen molar-refractivity contribution in [3.8, 4) is 45.9 Å². The van der Waals surface area contributed by atoms with Gasteiger partial charge in [-0.2, -0.15) is 17.0 Å². The first-order valence-electron chi connectivity index (χ1n) is 23.1. The number of piperazine rings is 1. The van der Waals surface area contributed by atoms with E-state index in [0.29, 0.717) is 71.5 Å². The number of aromatic hydroxyl groups is 1. The zero-order chi connectivity index (χ0) is 48.0. The summed E-state index contributed by atoms with van der Waals surface area (Å²) in [5.41, 5.74) is 8.57. The Bertz CT molecular complexity index is 2580. The summed E-state index contributed by atoms with van der Waals surface area (Å²) in [6.07, 6.45) is 0.0853. The molecule has 2 bridgehead atoms. The van der Waals surface area contributed by atoms with Gasteiger partial charge in [0, 0.05) is 58.9 Å². The first-order chi connectivity index (χ1) is 32.8.